The van der Waals surface area contributed by atoms with Crippen LogP contribution in [0.15, 0.2) is 45.5 Å². The number of carbonyl (C=O) groups excluding carboxylic acids is 2. The van der Waals surface area contributed by atoms with Gasteiger partial charge in [0.2, 0.25) is 0 Å². The molecule has 3 rings (SSSR count). The van der Waals surface area contributed by atoms with Gasteiger partial charge in [-0.05, 0) is 30.4 Å². The Balaban J connectivity index is 2.20. The van der Waals surface area contributed by atoms with Gasteiger partial charge >= 0.3 is 11.9 Å². The molecule has 8 nitrogen and oxygen atoms in total. The average Bonchev–Trinajstić information content (AvgIpc) is 2.72. The Morgan fingerprint density at radius 3 is 2.38 bits per heavy atom. The predicted octanol–water partition coefficient (Wildman–Crippen LogP) is 2.67. The third kappa shape index (κ3) is 3.91. The van der Waals surface area contributed by atoms with E-state index in [4.69, 9.17) is 9.47 Å². The zero-order chi connectivity index (χ0) is 21.1. The fourth-order valence-electron chi connectivity index (χ4n) is 3.28. The van der Waals surface area contributed by atoms with Crippen molar-refractivity contribution in [3.8, 4) is 0 Å². The Kier molecular flexibility index (Phi) is 6.07. The summed E-state index contributed by atoms with van der Waals surface area (Å²) in [6.07, 6.45) is 0. The first kappa shape index (κ1) is 20.7. The fourth-order valence-corrected chi connectivity index (χ4v) is 3.87. The number of benzene rings is 1. The van der Waals surface area contributed by atoms with Crippen molar-refractivity contribution in [2.45, 2.75) is 24.9 Å². The number of anilines is 1. The van der Waals surface area contributed by atoms with E-state index in [1.807, 2.05) is 6.92 Å². The van der Waals surface area contributed by atoms with E-state index in [0.717, 1.165) is 5.75 Å². The van der Waals surface area contributed by atoms with Crippen molar-refractivity contribution < 1.29 is 19.1 Å². The smallest absolute Gasteiger partial charge is 0.337 e. The second kappa shape index (κ2) is 8.52. The van der Waals surface area contributed by atoms with Crippen molar-refractivity contribution in [1.29, 1.82) is 0 Å². The first-order valence-corrected chi connectivity index (χ1v) is 9.91. The zero-order valence-electron chi connectivity index (χ0n) is 16.5. The summed E-state index contributed by atoms with van der Waals surface area (Å²) in [6.45, 7) is 3.70. The van der Waals surface area contributed by atoms with E-state index in [0.29, 0.717) is 38.9 Å². The zero-order valence-corrected chi connectivity index (χ0v) is 17.3. The second-order valence-electron chi connectivity index (χ2n) is 6.27. The Hall–Kier alpha value is -3.07. The standard InChI is InChI=1S/C20H21N3O5S/c1-5-29-20-22-16-15(17(24)23-20)14(13(10(2)21-16)19(26)28-4)11-6-8-12(9-7-11)18(25)27-3/h6-9,14H,5H2,1-4H3,(H2,21,22,23,24)/t14-/m1/s1. The summed E-state index contributed by atoms with van der Waals surface area (Å²) in [6, 6.07) is 6.57. The van der Waals surface area contributed by atoms with Gasteiger partial charge in [0.15, 0.2) is 5.16 Å². The van der Waals surface area contributed by atoms with Crippen molar-refractivity contribution in [3.05, 3.63) is 62.6 Å². The number of esters is 2. The van der Waals surface area contributed by atoms with Gasteiger partial charge in [0.1, 0.15) is 5.82 Å². The van der Waals surface area contributed by atoms with E-state index in [9.17, 15) is 14.4 Å². The number of carbonyl (C=O) groups is 2. The van der Waals surface area contributed by atoms with Gasteiger partial charge in [0, 0.05) is 5.70 Å². The number of aromatic nitrogens is 2. The van der Waals surface area contributed by atoms with Crippen LogP contribution in [0.2, 0.25) is 0 Å². The van der Waals surface area contributed by atoms with E-state index >= 15 is 0 Å². The van der Waals surface area contributed by atoms with Gasteiger partial charge in [0.05, 0.1) is 36.8 Å². The van der Waals surface area contributed by atoms with E-state index in [1.54, 1.807) is 31.2 Å². The number of hydrogen-bond donors (Lipinski definition) is 2. The number of fused-ring (bicyclic) bond motifs is 1. The molecule has 0 amide bonds. The lowest BCUT2D eigenvalue weighted by atomic mass is 9.82. The highest BCUT2D eigenvalue weighted by molar-refractivity contribution is 7.99. The highest BCUT2D eigenvalue weighted by Gasteiger charge is 2.36. The van der Waals surface area contributed by atoms with Gasteiger partial charge in [-0.25, -0.2) is 14.6 Å². The van der Waals surface area contributed by atoms with Gasteiger partial charge in [-0.1, -0.05) is 30.8 Å². The first-order chi connectivity index (χ1) is 13.9. The van der Waals surface area contributed by atoms with Crippen LogP contribution in [0.5, 0.6) is 0 Å². The minimum Gasteiger partial charge on any atom is -0.466 e. The summed E-state index contributed by atoms with van der Waals surface area (Å²) in [5, 5.41) is 3.56. The molecule has 1 atom stereocenters. The third-order valence-electron chi connectivity index (χ3n) is 4.57. The molecule has 0 saturated carbocycles. The van der Waals surface area contributed by atoms with Crippen molar-refractivity contribution in [1.82, 2.24) is 9.97 Å². The third-order valence-corrected chi connectivity index (χ3v) is 5.33. The monoisotopic (exact) mass is 415 g/mol. The minimum atomic E-state index is -0.692. The van der Waals surface area contributed by atoms with Gasteiger partial charge in [-0.2, -0.15) is 0 Å². The number of aromatic amines is 1. The highest BCUT2D eigenvalue weighted by Crippen LogP contribution is 2.40. The molecule has 1 aromatic carbocycles. The van der Waals surface area contributed by atoms with Crippen LogP contribution in [0.1, 0.15) is 41.3 Å². The van der Waals surface area contributed by atoms with Crippen molar-refractivity contribution in [2.75, 3.05) is 25.3 Å². The molecule has 0 aliphatic carbocycles. The van der Waals surface area contributed by atoms with Gasteiger partial charge in [-0.15, -0.1) is 0 Å². The molecule has 1 aliphatic heterocycles. The normalized spacial score (nSPS) is 15.4. The molecule has 0 saturated heterocycles. The molecule has 0 unspecified atom stereocenters. The van der Waals surface area contributed by atoms with Crippen LogP contribution in [0.4, 0.5) is 5.82 Å². The van der Waals surface area contributed by atoms with Gasteiger partial charge in [-0.3, -0.25) is 4.79 Å². The molecule has 1 aromatic heterocycles. The lowest BCUT2D eigenvalue weighted by molar-refractivity contribution is -0.136. The van der Waals surface area contributed by atoms with Crippen molar-refractivity contribution >= 4 is 29.5 Å². The maximum atomic E-state index is 12.9. The summed E-state index contributed by atoms with van der Waals surface area (Å²) >= 11 is 1.41. The van der Waals surface area contributed by atoms with Gasteiger partial charge < -0.3 is 19.8 Å². The van der Waals surface area contributed by atoms with Crippen molar-refractivity contribution in [2.24, 2.45) is 0 Å². The Morgan fingerprint density at radius 1 is 1.14 bits per heavy atom. The molecule has 2 heterocycles. The number of ether oxygens (including phenoxy) is 2. The van der Waals surface area contributed by atoms with Crippen LogP contribution in [-0.2, 0) is 14.3 Å². The number of allylic oxidation sites excluding steroid dienone is 1. The SMILES string of the molecule is CCSc1nc2c(c(=O)[nH]1)[C@H](c1ccc(C(=O)OC)cc1)C(C(=O)OC)=C(C)N2. The van der Waals surface area contributed by atoms with Gasteiger partial charge in [0.25, 0.3) is 5.56 Å². The molecule has 0 bridgehead atoms. The highest BCUT2D eigenvalue weighted by atomic mass is 32.2. The molecule has 152 valence electrons. The van der Waals surface area contributed by atoms with Crippen LogP contribution in [0.3, 0.4) is 0 Å². The average molecular weight is 415 g/mol. The summed E-state index contributed by atoms with van der Waals surface area (Å²) in [5.74, 6) is -0.557. The largest absolute Gasteiger partial charge is 0.466 e. The maximum Gasteiger partial charge on any atom is 0.337 e. The molecule has 0 radical (unpaired) electrons. The minimum absolute atomic E-state index is 0.314. The Morgan fingerprint density at radius 2 is 1.79 bits per heavy atom. The number of nitrogens with one attached hydrogen (secondary N) is 2. The molecule has 1 aliphatic rings. The number of H-pyrrole nitrogens is 1. The molecule has 9 heteroatoms. The van der Waals surface area contributed by atoms with Crippen LogP contribution < -0.4 is 10.9 Å². The van der Waals surface area contributed by atoms with Crippen LogP contribution >= 0.6 is 11.8 Å². The molecule has 2 N–H and O–H groups in total. The quantitative estimate of drug-likeness (QED) is 0.436. The number of hydrogen-bond acceptors (Lipinski definition) is 8. The van der Waals surface area contributed by atoms with Crippen LogP contribution in [0.25, 0.3) is 0 Å². The van der Waals surface area contributed by atoms with E-state index in [2.05, 4.69) is 15.3 Å². The Labute approximate surface area is 171 Å². The lowest BCUT2D eigenvalue weighted by Crippen LogP contribution is -2.31. The lowest BCUT2D eigenvalue weighted by Gasteiger charge is -2.28. The van der Waals surface area contributed by atoms with E-state index < -0.39 is 17.9 Å². The summed E-state index contributed by atoms with van der Waals surface area (Å²) in [7, 11) is 2.59. The molecule has 2 aromatic rings. The number of rotatable bonds is 5. The Bertz CT molecular complexity index is 1040. The summed E-state index contributed by atoms with van der Waals surface area (Å²) < 4.78 is 9.69. The molecule has 0 fully saturated rings. The molecular weight excluding hydrogens is 394 g/mol. The van der Waals surface area contributed by atoms with Crippen LogP contribution in [0, 0.1) is 0 Å². The fraction of sp³-hybridized carbons (Fsp3) is 0.300. The predicted molar refractivity (Wildman–Crippen MR) is 109 cm³/mol. The molecular formula is C20H21N3O5S. The van der Waals surface area contributed by atoms with Crippen molar-refractivity contribution in [3.63, 3.8) is 0 Å². The summed E-state index contributed by atoms with van der Waals surface area (Å²) in [5.41, 5.74) is 1.87. The topological polar surface area (TPSA) is 110 Å². The number of thioether (sulfide) groups is 1. The van der Waals surface area contributed by atoms with Crippen LogP contribution in [-0.4, -0.2) is 41.9 Å². The molecule has 0 spiro atoms. The maximum absolute atomic E-state index is 12.9. The molecule has 29 heavy (non-hydrogen) atoms. The first-order valence-electron chi connectivity index (χ1n) is 8.92. The second-order valence-corrected chi connectivity index (χ2v) is 7.52. The number of nitrogens with zero attached hydrogens (tertiary/aromatic N) is 1. The number of methoxy groups -OCH3 is 2. The van der Waals surface area contributed by atoms with E-state index in [-0.39, 0.29) is 5.56 Å². The summed E-state index contributed by atoms with van der Waals surface area (Å²) in [4.78, 5) is 44.5. The van der Waals surface area contributed by atoms with E-state index in [1.165, 1.54) is 26.0 Å².